The largest absolute Gasteiger partial charge is 0.309 e. The summed E-state index contributed by atoms with van der Waals surface area (Å²) in [6.45, 7) is 4.81. The van der Waals surface area contributed by atoms with Crippen molar-refractivity contribution in [2.45, 2.75) is 13.8 Å². The second-order valence-electron chi connectivity index (χ2n) is 16.9. The SMILES string of the molecule is Cc1c2c3c4c(cc5c6ccccc6n(c2c(C)c2c6c7c(cc8c9ccccc9n(c12)c86)c1ccccc1n7-c1ccccc1)c53)c1ccccc1n4-c1ccccc1. The van der Waals surface area contributed by atoms with Gasteiger partial charge >= 0.3 is 0 Å². The molecule has 4 nitrogen and oxygen atoms in total. The van der Waals surface area contributed by atoms with Crippen LogP contribution in [0.15, 0.2) is 170 Å². The summed E-state index contributed by atoms with van der Waals surface area (Å²) in [6, 6.07) is 62.9. The van der Waals surface area contributed by atoms with Crippen molar-refractivity contribution in [3.63, 3.8) is 0 Å². The van der Waals surface area contributed by atoms with Gasteiger partial charge in [0.2, 0.25) is 0 Å². The van der Waals surface area contributed by atoms with Crippen LogP contribution in [0.25, 0.3) is 131 Å². The summed E-state index contributed by atoms with van der Waals surface area (Å²) in [7, 11) is 0. The van der Waals surface area contributed by atoms with Crippen LogP contribution in [-0.4, -0.2) is 17.9 Å². The summed E-state index contributed by atoms with van der Waals surface area (Å²) in [6.07, 6.45) is 0. The molecule has 6 heterocycles. The first-order chi connectivity index (χ1) is 29.7. The van der Waals surface area contributed by atoms with E-state index in [1.165, 1.54) is 142 Å². The lowest BCUT2D eigenvalue weighted by molar-refractivity contribution is 1.19. The predicted octanol–water partition coefficient (Wildman–Crippen LogP) is 14.8. The van der Waals surface area contributed by atoms with Gasteiger partial charge < -0.3 is 17.9 Å². The lowest BCUT2D eigenvalue weighted by Crippen LogP contribution is -1.95. The standard InChI is InChI=1S/C56H34N4/c1-31-47-49-53-39(35-21-9-13-25-43(35)57(53)33-17-5-3-6-18-33)29-41-38-24-12-16-28-46(38)60(55(41)49)52(47)32(2)48-50-54-40(30-42-37-23-11-15-27-45(37)59(51(31)48)56(42)50)36-22-10-14-26-44(36)58(54)34-19-7-4-8-20-34/h3-30H,1-2H3. The molecule has 0 spiro atoms. The van der Waals surface area contributed by atoms with Gasteiger partial charge in [-0.2, -0.15) is 0 Å². The Balaban J connectivity index is 1.29. The second-order valence-corrected chi connectivity index (χ2v) is 16.9. The Bertz CT molecular complexity index is 4060. The Morgan fingerprint density at radius 1 is 0.267 bits per heavy atom. The fourth-order valence-corrected chi connectivity index (χ4v) is 11.9. The molecule has 0 aliphatic rings. The van der Waals surface area contributed by atoms with Crippen LogP contribution in [0.3, 0.4) is 0 Å². The number of benzene rings is 9. The van der Waals surface area contributed by atoms with E-state index in [9.17, 15) is 0 Å². The highest BCUT2D eigenvalue weighted by Gasteiger charge is 2.31. The maximum atomic E-state index is 2.63. The third kappa shape index (κ3) is 3.43. The van der Waals surface area contributed by atoms with Crippen LogP contribution in [0.5, 0.6) is 0 Å². The molecule has 6 aromatic heterocycles. The fourth-order valence-electron chi connectivity index (χ4n) is 11.9. The number of fused-ring (bicyclic) bond motifs is 20. The first kappa shape index (κ1) is 31.2. The molecule has 0 radical (unpaired) electrons. The smallest absolute Gasteiger partial charge is 0.0642 e. The molecular formula is C56H34N4. The van der Waals surface area contributed by atoms with Gasteiger partial charge in [0.1, 0.15) is 0 Å². The Hall–Kier alpha value is -7.82. The summed E-state index contributed by atoms with van der Waals surface area (Å²) in [5, 5.41) is 15.6. The van der Waals surface area contributed by atoms with Gasteiger partial charge in [0.05, 0.1) is 55.2 Å². The average molecular weight is 763 g/mol. The van der Waals surface area contributed by atoms with E-state index in [1.54, 1.807) is 0 Å². The van der Waals surface area contributed by atoms with Crippen molar-refractivity contribution in [2.75, 3.05) is 0 Å². The monoisotopic (exact) mass is 762 g/mol. The second kappa shape index (κ2) is 10.6. The van der Waals surface area contributed by atoms with E-state index in [-0.39, 0.29) is 0 Å². The predicted molar refractivity (Wildman–Crippen MR) is 254 cm³/mol. The Labute approximate surface area is 342 Å². The third-order valence-corrected chi connectivity index (χ3v) is 14.1. The maximum absolute atomic E-state index is 2.63. The van der Waals surface area contributed by atoms with Gasteiger partial charge in [-0.05, 0) is 85.6 Å². The third-order valence-electron chi connectivity index (χ3n) is 14.1. The average Bonchev–Trinajstić information content (AvgIpc) is 4.13. The van der Waals surface area contributed by atoms with Gasteiger partial charge in [0.25, 0.3) is 0 Å². The van der Waals surface area contributed by atoms with Crippen LogP contribution in [0.1, 0.15) is 11.1 Å². The van der Waals surface area contributed by atoms with Crippen LogP contribution in [0, 0.1) is 13.8 Å². The van der Waals surface area contributed by atoms with E-state index in [0.717, 1.165) is 0 Å². The van der Waals surface area contributed by atoms with Crippen molar-refractivity contribution in [1.29, 1.82) is 0 Å². The number of para-hydroxylation sites is 6. The minimum absolute atomic E-state index is 1.17. The lowest BCUT2D eigenvalue weighted by Gasteiger charge is -2.12. The van der Waals surface area contributed by atoms with E-state index in [4.69, 9.17) is 0 Å². The van der Waals surface area contributed by atoms with Crippen molar-refractivity contribution in [3.05, 3.63) is 181 Å². The molecule has 0 aliphatic heterocycles. The molecule has 60 heavy (non-hydrogen) atoms. The van der Waals surface area contributed by atoms with E-state index >= 15 is 0 Å². The van der Waals surface area contributed by atoms with E-state index < -0.39 is 0 Å². The molecule has 15 rings (SSSR count). The molecule has 0 atom stereocenters. The van der Waals surface area contributed by atoms with E-state index in [2.05, 4.69) is 202 Å². The van der Waals surface area contributed by atoms with Gasteiger partial charge in [0.15, 0.2) is 0 Å². The van der Waals surface area contributed by atoms with Gasteiger partial charge in [-0.1, -0.05) is 109 Å². The molecule has 0 saturated carbocycles. The highest BCUT2D eigenvalue weighted by molar-refractivity contribution is 6.40. The van der Waals surface area contributed by atoms with Gasteiger partial charge in [0, 0.05) is 76.0 Å². The van der Waals surface area contributed by atoms with Gasteiger partial charge in [-0.3, -0.25) is 0 Å². The number of hydrogen-bond acceptors (Lipinski definition) is 0. The van der Waals surface area contributed by atoms with Crippen molar-refractivity contribution in [1.82, 2.24) is 17.9 Å². The van der Waals surface area contributed by atoms with Crippen LogP contribution >= 0.6 is 0 Å². The quantitative estimate of drug-likeness (QED) is 0.167. The highest BCUT2D eigenvalue weighted by atomic mass is 15.0. The number of hydrogen-bond donors (Lipinski definition) is 0. The molecule has 0 saturated heterocycles. The first-order valence-corrected chi connectivity index (χ1v) is 21.0. The highest BCUT2D eigenvalue weighted by Crippen LogP contribution is 2.53. The van der Waals surface area contributed by atoms with Gasteiger partial charge in [-0.15, -0.1) is 0 Å². The van der Waals surface area contributed by atoms with Crippen LogP contribution in [0.2, 0.25) is 0 Å². The number of aromatic nitrogens is 4. The van der Waals surface area contributed by atoms with Crippen molar-refractivity contribution >= 4 is 120 Å². The van der Waals surface area contributed by atoms with Crippen molar-refractivity contribution < 1.29 is 0 Å². The minimum Gasteiger partial charge on any atom is -0.309 e. The molecule has 15 aromatic rings. The molecule has 9 aromatic carbocycles. The molecule has 4 heteroatoms. The normalized spacial score (nSPS) is 12.8. The number of rotatable bonds is 2. The maximum Gasteiger partial charge on any atom is 0.0642 e. The van der Waals surface area contributed by atoms with Crippen LogP contribution in [-0.2, 0) is 0 Å². The first-order valence-electron chi connectivity index (χ1n) is 21.0. The van der Waals surface area contributed by atoms with Gasteiger partial charge in [-0.25, -0.2) is 0 Å². The molecule has 0 unspecified atom stereocenters. The molecule has 0 aliphatic carbocycles. The fraction of sp³-hybridized carbons (Fsp3) is 0.0357. The zero-order chi connectivity index (χ0) is 39.1. The van der Waals surface area contributed by atoms with Crippen molar-refractivity contribution in [2.24, 2.45) is 0 Å². The summed E-state index contributed by atoms with van der Waals surface area (Å²) in [4.78, 5) is 0. The Morgan fingerprint density at radius 3 is 0.983 bits per heavy atom. The Kier molecular flexibility index (Phi) is 5.52. The number of aryl methyl sites for hydroxylation is 2. The van der Waals surface area contributed by atoms with E-state index in [0.29, 0.717) is 0 Å². The zero-order valence-corrected chi connectivity index (χ0v) is 33.0. The minimum atomic E-state index is 1.17. The van der Waals surface area contributed by atoms with Crippen LogP contribution < -0.4 is 0 Å². The number of nitrogens with zero attached hydrogens (tertiary/aromatic N) is 4. The van der Waals surface area contributed by atoms with E-state index in [1.807, 2.05) is 0 Å². The zero-order valence-electron chi connectivity index (χ0n) is 33.0. The Morgan fingerprint density at radius 2 is 0.583 bits per heavy atom. The molecule has 0 N–H and O–H groups in total. The molecule has 0 amide bonds. The summed E-state index contributed by atoms with van der Waals surface area (Å²) in [5.41, 5.74) is 17.7. The van der Waals surface area contributed by atoms with Crippen LogP contribution in [0.4, 0.5) is 0 Å². The topological polar surface area (TPSA) is 18.7 Å². The molecule has 0 bridgehead atoms. The molecular weight excluding hydrogens is 729 g/mol. The molecule has 0 fully saturated rings. The summed E-state index contributed by atoms with van der Waals surface area (Å²) < 4.78 is 10.3. The summed E-state index contributed by atoms with van der Waals surface area (Å²) >= 11 is 0. The molecule has 278 valence electrons. The summed E-state index contributed by atoms with van der Waals surface area (Å²) in [5.74, 6) is 0. The lowest BCUT2D eigenvalue weighted by atomic mass is 9.95. The van der Waals surface area contributed by atoms with Crippen molar-refractivity contribution in [3.8, 4) is 11.4 Å².